The summed E-state index contributed by atoms with van der Waals surface area (Å²) in [5.74, 6) is 0.198. The van der Waals surface area contributed by atoms with Gasteiger partial charge in [0, 0.05) is 31.8 Å². The lowest BCUT2D eigenvalue weighted by Gasteiger charge is -2.19. The van der Waals surface area contributed by atoms with Crippen molar-refractivity contribution in [1.29, 1.82) is 0 Å². The van der Waals surface area contributed by atoms with Crippen molar-refractivity contribution in [3.05, 3.63) is 29.8 Å². The Hall–Kier alpha value is -1.26. The first-order valence-corrected chi connectivity index (χ1v) is 6.46. The Bertz CT molecular complexity index is 404. The van der Waals surface area contributed by atoms with Gasteiger partial charge in [-0.3, -0.25) is 4.79 Å². The molecule has 0 saturated carbocycles. The van der Waals surface area contributed by atoms with E-state index in [1.54, 1.807) is 0 Å². The molecule has 1 aromatic rings. The summed E-state index contributed by atoms with van der Waals surface area (Å²) in [4.78, 5) is 14.0. The number of amides is 1. The van der Waals surface area contributed by atoms with Crippen LogP contribution in [0.3, 0.4) is 0 Å². The van der Waals surface area contributed by atoms with Gasteiger partial charge in [0.15, 0.2) is 0 Å². The van der Waals surface area contributed by atoms with Crippen LogP contribution in [0.2, 0.25) is 0 Å². The molecule has 0 radical (unpaired) electrons. The number of nitrogen functional groups attached to an aromatic ring is 1. The van der Waals surface area contributed by atoms with Gasteiger partial charge in [-0.2, -0.15) is 0 Å². The maximum absolute atomic E-state index is 12.1. The standard InChI is InChI=1S/C14H20N2O2.ClH/c15-13-5-2-1-4-12(13)6-7-14(17)16-8-3-10-18-11-9-16;/h1-2,4-5H,3,6-11,15H2;1H. The van der Waals surface area contributed by atoms with Crippen LogP contribution in [0.25, 0.3) is 0 Å². The molecule has 2 N–H and O–H groups in total. The largest absolute Gasteiger partial charge is 0.399 e. The monoisotopic (exact) mass is 284 g/mol. The molecule has 2 rings (SSSR count). The summed E-state index contributed by atoms with van der Waals surface area (Å²) < 4.78 is 5.34. The number of nitrogens with two attached hydrogens (primary N) is 1. The van der Waals surface area contributed by atoms with Gasteiger partial charge in [-0.25, -0.2) is 0 Å². The maximum Gasteiger partial charge on any atom is 0.222 e. The zero-order chi connectivity index (χ0) is 12.8. The van der Waals surface area contributed by atoms with E-state index < -0.39 is 0 Å². The molecule has 1 amide bonds. The van der Waals surface area contributed by atoms with E-state index in [2.05, 4.69) is 0 Å². The predicted octanol–water partition coefficient (Wildman–Crippen LogP) is 1.87. The van der Waals surface area contributed by atoms with Crippen LogP contribution < -0.4 is 5.73 Å². The van der Waals surface area contributed by atoms with E-state index in [1.807, 2.05) is 29.2 Å². The Kier molecular flexibility index (Phi) is 6.67. The summed E-state index contributed by atoms with van der Waals surface area (Å²) >= 11 is 0. The number of hydrogen-bond acceptors (Lipinski definition) is 3. The molecule has 0 aliphatic carbocycles. The molecular formula is C14H21ClN2O2. The lowest BCUT2D eigenvalue weighted by molar-refractivity contribution is -0.131. The second-order valence-corrected chi connectivity index (χ2v) is 4.55. The minimum atomic E-state index is 0. The Morgan fingerprint density at radius 1 is 1.26 bits per heavy atom. The van der Waals surface area contributed by atoms with Gasteiger partial charge in [0.05, 0.1) is 6.61 Å². The Morgan fingerprint density at radius 3 is 2.84 bits per heavy atom. The summed E-state index contributed by atoms with van der Waals surface area (Å²) in [6.07, 6.45) is 2.16. The lowest BCUT2D eigenvalue weighted by Crippen LogP contribution is -2.33. The van der Waals surface area contributed by atoms with Gasteiger partial charge in [0.1, 0.15) is 0 Å². The highest BCUT2D eigenvalue weighted by Gasteiger charge is 2.15. The van der Waals surface area contributed by atoms with Crippen LogP contribution in [0, 0.1) is 0 Å². The topological polar surface area (TPSA) is 55.6 Å². The highest BCUT2D eigenvalue weighted by atomic mass is 35.5. The first kappa shape index (κ1) is 15.8. The lowest BCUT2D eigenvalue weighted by atomic mass is 10.1. The number of carbonyl (C=O) groups excluding carboxylic acids is 1. The number of ether oxygens (including phenoxy) is 1. The molecule has 1 aliphatic rings. The molecule has 1 aliphatic heterocycles. The summed E-state index contributed by atoms with van der Waals surface area (Å²) in [5, 5.41) is 0. The number of benzene rings is 1. The Labute approximate surface area is 120 Å². The van der Waals surface area contributed by atoms with Gasteiger partial charge < -0.3 is 15.4 Å². The Balaban J connectivity index is 0.00000180. The molecule has 5 heteroatoms. The van der Waals surface area contributed by atoms with E-state index in [0.29, 0.717) is 26.0 Å². The number of para-hydroxylation sites is 1. The quantitative estimate of drug-likeness (QED) is 0.862. The highest BCUT2D eigenvalue weighted by Crippen LogP contribution is 2.13. The van der Waals surface area contributed by atoms with E-state index in [-0.39, 0.29) is 18.3 Å². The zero-order valence-electron chi connectivity index (χ0n) is 11.0. The van der Waals surface area contributed by atoms with E-state index in [9.17, 15) is 4.79 Å². The predicted molar refractivity (Wildman–Crippen MR) is 78.4 cm³/mol. The first-order valence-electron chi connectivity index (χ1n) is 6.46. The minimum absolute atomic E-state index is 0. The summed E-state index contributed by atoms with van der Waals surface area (Å²) in [6.45, 7) is 2.93. The van der Waals surface area contributed by atoms with E-state index in [1.165, 1.54) is 0 Å². The second-order valence-electron chi connectivity index (χ2n) is 4.55. The van der Waals surface area contributed by atoms with Gasteiger partial charge >= 0.3 is 0 Å². The molecule has 1 aromatic carbocycles. The molecule has 0 spiro atoms. The first-order chi connectivity index (χ1) is 8.77. The molecule has 4 nitrogen and oxygen atoms in total. The fourth-order valence-electron chi connectivity index (χ4n) is 2.16. The highest BCUT2D eigenvalue weighted by molar-refractivity contribution is 5.85. The van der Waals surface area contributed by atoms with Gasteiger partial charge in [-0.15, -0.1) is 12.4 Å². The minimum Gasteiger partial charge on any atom is -0.399 e. The van der Waals surface area contributed by atoms with Crippen molar-refractivity contribution >= 4 is 24.0 Å². The van der Waals surface area contributed by atoms with Crippen LogP contribution in [-0.2, 0) is 16.0 Å². The number of anilines is 1. The summed E-state index contributed by atoms with van der Waals surface area (Å²) in [5.41, 5.74) is 7.69. The third kappa shape index (κ3) is 4.73. The zero-order valence-corrected chi connectivity index (χ0v) is 11.8. The summed E-state index contributed by atoms with van der Waals surface area (Å²) in [6, 6.07) is 7.72. The number of carbonyl (C=O) groups is 1. The van der Waals surface area contributed by atoms with E-state index >= 15 is 0 Å². The van der Waals surface area contributed by atoms with Crippen LogP contribution in [-0.4, -0.2) is 37.1 Å². The van der Waals surface area contributed by atoms with E-state index in [4.69, 9.17) is 10.5 Å². The van der Waals surface area contributed by atoms with Gasteiger partial charge in [-0.05, 0) is 24.5 Å². The summed E-state index contributed by atoms with van der Waals surface area (Å²) in [7, 11) is 0. The average molecular weight is 285 g/mol. The SMILES string of the molecule is Cl.Nc1ccccc1CCC(=O)N1CCCOCC1. The molecule has 1 fully saturated rings. The molecule has 1 heterocycles. The van der Waals surface area contributed by atoms with Crippen LogP contribution in [0.4, 0.5) is 5.69 Å². The van der Waals surface area contributed by atoms with Crippen molar-refractivity contribution in [2.75, 3.05) is 32.0 Å². The van der Waals surface area contributed by atoms with Crippen LogP contribution in [0.5, 0.6) is 0 Å². The van der Waals surface area contributed by atoms with E-state index in [0.717, 1.165) is 30.8 Å². The van der Waals surface area contributed by atoms with Gasteiger partial charge in [0.2, 0.25) is 5.91 Å². The molecule has 19 heavy (non-hydrogen) atoms. The van der Waals surface area contributed by atoms with Crippen LogP contribution >= 0.6 is 12.4 Å². The average Bonchev–Trinajstić information content (AvgIpc) is 2.66. The van der Waals surface area contributed by atoms with Crippen LogP contribution in [0.1, 0.15) is 18.4 Å². The molecular weight excluding hydrogens is 264 g/mol. The number of nitrogens with zero attached hydrogens (tertiary/aromatic N) is 1. The van der Waals surface area contributed by atoms with Crippen molar-refractivity contribution in [2.45, 2.75) is 19.3 Å². The number of aryl methyl sites for hydroxylation is 1. The van der Waals surface area contributed by atoms with Gasteiger partial charge in [0.25, 0.3) is 0 Å². The third-order valence-corrected chi connectivity index (χ3v) is 3.24. The molecule has 0 bridgehead atoms. The maximum atomic E-state index is 12.1. The third-order valence-electron chi connectivity index (χ3n) is 3.24. The van der Waals surface area contributed by atoms with Crippen molar-refractivity contribution in [2.24, 2.45) is 0 Å². The smallest absolute Gasteiger partial charge is 0.222 e. The number of rotatable bonds is 3. The normalized spacial score (nSPS) is 15.5. The molecule has 0 atom stereocenters. The Morgan fingerprint density at radius 2 is 2.05 bits per heavy atom. The second kappa shape index (κ2) is 8.02. The molecule has 1 saturated heterocycles. The molecule has 0 aromatic heterocycles. The van der Waals surface area contributed by atoms with Crippen molar-refractivity contribution in [1.82, 2.24) is 4.90 Å². The van der Waals surface area contributed by atoms with Crippen molar-refractivity contribution in [3.8, 4) is 0 Å². The fourth-order valence-corrected chi connectivity index (χ4v) is 2.16. The molecule has 0 unspecified atom stereocenters. The van der Waals surface area contributed by atoms with Crippen LogP contribution in [0.15, 0.2) is 24.3 Å². The fraction of sp³-hybridized carbons (Fsp3) is 0.500. The van der Waals surface area contributed by atoms with Crippen molar-refractivity contribution < 1.29 is 9.53 Å². The number of halogens is 1. The number of hydrogen-bond donors (Lipinski definition) is 1. The van der Waals surface area contributed by atoms with Gasteiger partial charge in [-0.1, -0.05) is 18.2 Å². The van der Waals surface area contributed by atoms with Crippen molar-refractivity contribution in [3.63, 3.8) is 0 Å². The molecule has 106 valence electrons.